The largest absolute Gasteiger partial charge is 0.452 e. The number of ether oxygens (including phenoxy) is 1. The summed E-state index contributed by atoms with van der Waals surface area (Å²) in [5.41, 5.74) is 0.976. The van der Waals surface area contributed by atoms with E-state index >= 15 is 0 Å². The molecule has 0 atom stereocenters. The number of aryl methyl sites for hydroxylation is 1. The number of hydrogen-bond acceptors (Lipinski definition) is 8. The lowest BCUT2D eigenvalue weighted by atomic mass is 10.3. The Hall–Kier alpha value is -2.88. The number of carbonyl (C=O) groups excluding carboxylic acids is 3. The van der Waals surface area contributed by atoms with E-state index in [1.165, 1.54) is 11.8 Å². The summed E-state index contributed by atoms with van der Waals surface area (Å²) >= 11 is 1.31. The van der Waals surface area contributed by atoms with Crippen molar-refractivity contribution in [1.82, 2.24) is 20.4 Å². The minimum atomic E-state index is -0.676. The van der Waals surface area contributed by atoms with Crippen molar-refractivity contribution >= 4 is 29.7 Å². The Morgan fingerprint density at radius 2 is 2.31 bits per heavy atom. The zero-order valence-corrected chi connectivity index (χ0v) is 14.7. The van der Waals surface area contributed by atoms with Crippen LogP contribution < -0.4 is 5.32 Å². The van der Waals surface area contributed by atoms with Gasteiger partial charge in [-0.1, -0.05) is 16.9 Å². The summed E-state index contributed by atoms with van der Waals surface area (Å²) in [6.45, 7) is 1.94. The highest BCUT2D eigenvalue weighted by Crippen LogP contribution is 2.24. The van der Waals surface area contributed by atoms with Crippen LogP contribution in [0.2, 0.25) is 0 Å². The van der Waals surface area contributed by atoms with Gasteiger partial charge in [0.2, 0.25) is 0 Å². The molecule has 0 spiro atoms. The second-order valence-electron chi connectivity index (χ2n) is 5.43. The van der Waals surface area contributed by atoms with Crippen molar-refractivity contribution in [3.05, 3.63) is 41.4 Å². The van der Waals surface area contributed by atoms with E-state index in [2.05, 4.69) is 15.5 Å². The molecular weight excluding hydrogens is 360 g/mol. The number of amides is 3. The van der Waals surface area contributed by atoms with Crippen LogP contribution in [0.15, 0.2) is 33.9 Å². The molecule has 3 amide bonds. The van der Waals surface area contributed by atoms with Gasteiger partial charge in [0.1, 0.15) is 10.8 Å². The Morgan fingerprint density at radius 3 is 3.00 bits per heavy atom. The van der Waals surface area contributed by atoms with Crippen molar-refractivity contribution in [3.8, 4) is 0 Å². The number of imide groups is 1. The molecule has 1 saturated heterocycles. The van der Waals surface area contributed by atoms with Gasteiger partial charge in [0.15, 0.2) is 6.61 Å². The third kappa shape index (κ3) is 4.20. The Balaban J connectivity index is 1.60. The maximum atomic E-state index is 12.3. The van der Waals surface area contributed by atoms with E-state index in [-0.39, 0.29) is 12.1 Å². The zero-order chi connectivity index (χ0) is 18.5. The molecule has 0 radical (unpaired) electrons. The Labute approximate surface area is 153 Å². The van der Waals surface area contributed by atoms with Crippen LogP contribution >= 0.6 is 11.8 Å². The first-order valence-electron chi connectivity index (χ1n) is 7.80. The summed E-state index contributed by atoms with van der Waals surface area (Å²) in [4.78, 5) is 40.9. The quantitative estimate of drug-likeness (QED) is 0.594. The molecule has 1 aliphatic heterocycles. The number of nitrogens with one attached hydrogen (secondary N) is 1. The smallest absolute Gasteiger partial charge is 0.341 e. The van der Waals surface area contributed by atoms with Gasteiger partial charge < -0.3 is 14.6 Å². The summed E-state index contributed by atoms with van der Waals surface area (Å²) in [5, 5.41) is 6.86. The number of rotatable bonds is 6. The molecule has 0 aliphatic carbocycles. The van der Waals surface area contributed by atoms with Crippen molar-refractivity contribution in [2.75, 3.05) is 19.7 Å². The molecule has 26 heavy (non-hydrogen) atoms. The number of esters is 1. The number of pyridine rings is 1. The first kappa shape index (κ1) is 17.9. The van der Waals surface area contributed by atoms with Crippen LogP contribution in [-0.4, -0.2) is 52.6 Å². The molecule has 2 aromatic heterocycles. The molecule has 0 aromatic carbocycles. The predicted octanol–water partition coefficient (Wildman–Crippen LogP) is 1.38. The summed E-state index contributed by atoms with van der Waals surface area (Å²) in [6, 6.07) is 4.50. The number of aromatic nitrogens is 2. The molecule has 9 nitrogen and oxygen atoms in total. The van der Waals surface area contributed by atoms with Gasteiger partial charge >= 0.3 is 12.0 Å². The van der Waals surface area contributed by atoms with Crippen LogP contribution in [0, 0.1) is 6.92 Å². The van der Waals surface area contributed by atoms with E-state index in [4.69, 9.17) is 9.26 Å². The third-order valence-corrected chi connectivity index (χ3v) is 4.55. The molecule has 2 aromatic rings. The van der Waals surface area contributed by atoms with Gasteiger partial charge in [-0.05, 0) is 19.1 Å². The lowest BCUT2D eigenvalue weighted by molar-refractivity contribution is -0.130. The molecule has 1 N–H and O–H groups in total. The Kier molecular flexibility index (Phi) is 5.52. The van der Waals surface area contributed by atoms with E-state index in [0.29, 0.717) is 23.1 Å². The van der Waals surface area contributed by atoms with Crippen LogP contribution in [0.3, 0.4) is 0 Å². The number of urea groups is 1. The molecular formula is C16H16N4O5S. The lowest BCUT2D eigenvalue weighted by Crippen LogP contribution is -2.37. The lowest BCUT2D eigenvalue weighted by Gasteiger charge is -2.12. The average molecular weight is 376 g/mol. The van der Waals surface area contributed by atoms with Crippen LogP contribution in [0.25, 0.3) is 0 Å². The molecule has 3 rings (SSSR count). The van der Waals surface area contributed by atoms with E-state index in [1.54, 1.807) is 31.3 Å². The van der Waals surface area contributed by atoms with Gasteiger partial charge in [-0.3, -0.25) is 9.69 Å². The van der Waals surface area contributed by atoms with Gasteiger partial charge in [-0.25, -0.2) is 14.6 Å². The van der Waals surface area contributed by atoms with Crippen molar-refractivity contribution in [3.63, 3.8) is 0 Å². The summed E-state index contributed by atoms with van der Waals surface area (Å²) in [7, 11) is 0. The van der Waals surface area contributed by atoms with Crippen molar-refractivity contribution in [1.29, 1.82) is 0 Å². The fourth-order valence-electron chi connectivity index (χ4n) is 2.28. The normalized spacial score (nSPS) is 13.6. The van der Waals surface area contributed by atoms with Crippen LogP contribution in [-0.2, 0) is 15.3 Å². The number of hydrogen-bond donors (Lipinski definition) is 1. The van der Waals surface area contributed by atoms with E-state index in [1.807, 2.05) is 0 Å². The highest BCUT2D eigenvalue weighted by atomic mass is 32.2. The molecule has 0 bridgehead atoms. The van der Waals surface area contributed by atoms with Gasteiger partial charge in [0.05, 0.1) is 11.3 Å². The Bertz CT molecular complexity index is 838. The minimum Gasteiger partial charge on any atom is -0.452 e. The average Bonchev–Trinajstić information content (AvgIpc) is 3.26. The molecule has 1 fully saturated rings. The first-order chi connectivity index (χ1) is 12.5. The molecule has 0 saturated carbocycles. The SMILES string of the molecule is Cc1cc(CSc2ncccc2C(=O)OCC(=O)N2CCNC2=O)no1. The molecule has 0 unspecified atom stereocenters. The minimum absolute atomic E-state index is 0.247. The molecule has 1 aliphatic rings. The van der Waals surface area contributed by atoms with E-state index in [0.717, 1.165) is 10.6 Å². The second-order valence-corrected chi connectivity index (χ2v) is 6.39. The fraction of sp³-hybridized carbons (Fsp3) is 0.312. The molecule has 3 heterocycles. The topological polar surface area (TPSA) is 115 Å². The highest BCUT2D eigenvalue weighted by Gasteiger charge is 2.27. The maximum absolute atomic E-state index is 12.3. The second kappa shape index (κ2) is 8.00. The van der Waals surface area contributed by atoms with E-state index < -0.39 is 24.5 Å². The van der Waals surface area contributed by atoms with Crippen molar-refractivity contribution in [2.24, 2.45) is 0 Å². The van der Waals surface area contributed by atoms with Gasteiger partial charge in [-0.15, -0.1) is 0 Å². The molecule has 136 valence electrons. The van der Waals surface area contributed by atoms with Crippen molar-refractivity contribution < 1.29 is 23.6 Å². The first-order valence-corrected chi connectivity index (χ1v) is 8.78. The van der Waals surface area contributed by atoms with Crippen molar-refractivity contribution in [2.45, 2.75) is 17.7 Å². The van der Waals surface area contributed by atoms with Crippen LogP contribution in [0.4, 0.5) is 4.79 Å². The molecule has 10 heteroatoms. The predicted molar refractivity (Wildman–Crippen MR) is 90.4 cm³/mol. The Morgan fingerprint density at radius 1 is 1.46 bits per heavy atom. The highest BCUT2D eigenvalue weighted by molar-refractivity contribution is 7.98. The zero-order valence-electron chi connectivity index (χ0n) is 13.9. The maximum Gasteiger partial charge on any atom is 0.341 e. The van der Waals surface area contributed by atoms with Gasteiger partial charge in [0.25, 0.3) is 5.91 Å². The number of thioether (sulfide) groups is 1. The monoisotopic (exact) mass is 376 g/mol. The summed E-state index contributed by atoms with van der Waals surface area (Å²) < 4.78 is 10.1. The summed E-state index contributed by atoms with van der Waals surface area (Å²) in [5.74, 6) is -0.0678. The number of nitrogens with zero attached hydrogens (tertiary/aromatic N) is 3. The summed E-state index contributed by atoms with van der Waals surface area (Å²) in [6.07, 6.45) is 1.56. The van der Waals surface area contributed by atoms with Gasteiger partial charge in [0, 0.05) is 31.1 Å². The third-order valence-electron chi connectivity index (χ3n) is 3.51. The van der Waals surface area contributed by atoms with Gasteiger partial charge in [-0.2, -0.15) is 0 Å². The fourth-order valence-corrected chi connectivity index (χ4v) is 3.14. The van der Waals surface area contributed by atoms with Crippen LogP contribution in [0.1, 0.15) is 21.8 Å². The van der Waals surface area contributed by atoms with Crippen LogP contribution in [0.5, 0.6) is 0 Å². The standard InChI is InChI=1S/C16H16N4O5S/c1-10-7-11(19-25-10)9-26-14-12(3-2-4-17-14)15(22)24-8-13(21)20-6-5-18-16(20)23/h2-4,7H,5-6,8-9H2,1H3,(H,18,23). The number of carbonyl (C=O) groups is 3. The van der Waals surface area contributed by atoms with E-state index in [9.17, 15) is 14.4 Å².